The van der Waals surface area contributed by atoms with Crippen LogP contribution in [0, 0.1) is 0 Å². The van der Waals surface area contributed by atoms with E-state index in [-0.39, 0.29) is 12.6 Å². The molecule has 0 aromatic rings. The Hall–Kier alpha value is -1.34. The average Bonchev–Trinajstić information content (AvgIpc) is 2.42. The smallest absolute Gasteiger partial charge is 0.410 e. The maximum absolute atomic E-state index is 12.1. The normalized spacial score (nSPS) is 19.0. The van der Waals surface area contributed by atoms with Gasteiger partial charge in [-0.2, -0.15) is 0 Å². The molecule has 1 atom stereocenters. The second kappa shape index (κ2) is 8.19. The first-order valence-corrected chi connectivity index (χ1v) is 7.19. The summed E-state index contributed by atoms with van der Waals surface area (Å²) in [7, 11) is 1.30. The zero-order valence-electron chi connectivity index (χ0n) is 13.3. The molecule has 0 bridgehead atoms. The molecule has 7 nitrogen and oxygen atoms in total. The molecule has 122 valence electrons. The minimum Gasteiger partial charge on any atom is -0.468 e. The number of esters is 1. The van der Waals surface area contributed by atoms with E-state index in [2.05, 4.69) is 10.1 Å². The van der Waals surface area contributed by atoms with Gasteiger partial charge in [0.25, 0.3) is 0 Å². The van der Waals surface area contributed by atoms with Crippen molar-refractivity contribution in [2.45, 2.75) is 38.9 Å². The topological polar surface area (TPSA) is 77.1 Å². The van der Waals surface area contributed by atoms with E-state index in [1.54, 1.807) is 20.8 Å². The van der Waals surface area contributed by atoms with Gasteiger partial charge in [-0.15, -0.1) is 0 Å². The van der Waals surface area contributed by atoms with E-state index in [1.807, 2.05) is 0 Å². The predicted octanol–water partition coefficient (Wildman–Crippen LogP) is 0.775. The van der Waals surface area contributed by atoms with Crippen molar-refractivity contribution < 1.29 is 23.8 Å². The number of amides is 1. The van der Waals surface area contributed by atoms with Crippen LogP contribution in [0.5, 0.6) is 0 Å². The lowest BCUT2D eigenvalue weighted by Gasteiger charge is -2.29. The fraction of sp³-hybridized carbons (Fsp3) is 0.857. The number of ether oxygens (including phenoxy) is 3. The van der Waals surface area contributed by atoms with Crippen molar-refractivity contribution in [3.05, 3.63) is 0 Å². The summed E-state index contributed by atoms with van der Waals surface area (Å²) in [5, 5.41) is 3.23. The van der Waals surface area contributed by atoms with Gasteiger partial charge in [0.05, 0.1) is 19.8 Å². The molecular formula is C14H26N2O5. The van der Waals surface area contributed by atoms with Crippen molar-refractivity contribution in [2.24, 2.45) is 0 Å². The Morgan fingerprint density at radius 3 is 2.62 bits per heavy atom. The van der Waals surface area contributed by atoms with E-state index in [9.17, 15) is 9.59 Å². The van der Waals surface area contributed by atoms with Crippen LogP contribution in [0.15, 0.2) is 0 Å². The molecule has 1 amide bonds. The molecule has 1 saturated heterocycles. The Balaban J connectivity index is 2.54. The summed E-state index contributed by atoms with van der Waals surface area (Å²) in [6.07, 6.45) is 0.168. The molecule has 0 radical (unpaired) electrons. The first-order chi connectivity index (χ1) is 9.81. The van der Waals surface area contributed by atoms with Crippen molar-refractivity contribution in [1.29, 1.82) is 0 Å². The lowest BCUT2D eigenvalue weighted by Crippen LogP contribution is -2.44. The molecule has 0 saturated carbocycles. The fourth-order valence-corrected chi connectivity index (χ4v) is 1.89. The number of nitrogens with zero attached hydrogens (tertiary/aromatic N) is 1. The van der Waals surface area contributed by atoms with Crippen LogP contribution in [0.25, 0.3) is 0 Å². The third kappa shape index (κ3) is 7.29. The Labute approximate surface area is 125 Å². The lowest BCUT2D eigenvalue weighted by atomic mass is 10.2. The zero-order chi connectivity index (χ0) is 15.9. The van der Waals surface area contributed by atoms with Gasteiger partial charge in [-0.3, -0.25) is 9.69 Å². The number of hydrogen-bond acceptors (Lipinski definition) is 6. The first kappa shape index (κ1) is 17.7. The van der Waals surface area contributed by atoms with Crippen LogP contribution in [0.4, 0.5) is 4.79 Å². The van der Waals surface area contributed by atoms with Crippen LogP contribution in [-0.2, 0) is 19.0 Å². The fourth-order valence-electron chi connectivity index (χ4n) is 1.89. The van der Waals surface area contributed by atoms with Gasteiger partial charge in [-0.1, -0.05) is 0 Å². The molecule has 1 aliphatic rings. The quantitative estimate of drug-likeness (QED) is 0.756. The average molecular weight is 302 g/mol. The molecule has 1 aliphatic heterocycles. The second-order valence-corrected chi connectivity index (χ2v) is 5.96. The molecule has 0 aromatic heterocycles. The van der Waals surface area contributed by atoms with Crippen LogP contribution in [0.3, 0.4) is 0 Å². The maximum Gasteiger partial charge on any atom is 0.410 e. The van der Waals surface area contributed by atoms with Gasteiger partial charge < -0.3 is 19.5 Å². The number of methoxy groups -OCH3 is 1. The van der Waals surface area contributed by atoms with E-state index in [0.717, 1.165) is 13.1 Å². The summed E-state index contributed by atoms with van der Waals surface area (Å²) in [5.41, 5.74) is -0.603. The molecule has 7 heteroatoms. The highest BCUT2D eigenvalue weighted by molar-refractivity contribution is 5.78. The molecule has 21 heavy (non-hydrogen) atoms. The van der Waals surface area contributed by atoms with Gasteiger partial charge in [0.15, 0.2) is 0 Å². The predicted molar refractivity (Wildman–Crippen MR) is 77.0 cm³/mol. The lowest BCUT2D eigenvalue weighted by molar-refractivity contribution is -0.142. The van der Waals surface area contributed by atoms with Gasteiger partial charge in [-0.05, 0) is 27.2 Å². The van der Waals surface area contributed by atoms with Crippen molar-refractivity contribution in [2.75, 3.05) is 39.9 Å². The molecule has 0 aliphatic carbocycles. The SMILES string of the molecule is COC(=O)CN(CCC1CNCCO1)C(=O)OC(C)(C)C. The zero-order valence-corrected chi connectivity index (χ0v) is 13.3. The van der Waals surface area contributed by atoms with Crippen LogP contribution in [0.2, 0.25) is 0 Å². The van der Waals surface area contributed by atoms with E-state index in [0.29, 0.717) is 19.6 Å². The Kier molecular flexibility index (Phi) is 6.91. The highest BCUT2D eigenvalue weighted by atomic mass is 16.6. The van der Waals surface area contributed by atoms with Crippen LogP contribution >= 0.6 is 0 Å². The largest absolute Gasteiger partial charge is 0.468 e. The number of rotatable bonds is 5. The Morgan fingerprint density at radius 1 is 1.38 bits per heavy atom. The van der Waals surface area contributed by atoms with Crippen molar-refractivity contribution in [3.8, 4) is 0 Å². The van der Waals surface area contributed by atoms with Crippen molar-refractivity contribution >= 4 is 12.1 Å². The Bertz CT molecular complexity index is 348. The highest BCUT2D eigenvalue weighted by Gasteiger charge is 2.25. The molecule has 1 rings (SSSR count). The standard InChI is InChI=1S/C14H26N2O5/c1-14(2,3)21-13(18)16(10-12(17)19-4)7-5-11-9-15-6-8-20-11/h11,15H,5-10H2,1-4H3. The van der Waals surface area contributed by atoms with Crippen molar-refractivity contribution in [3.63, 3.8) is 0 Å². The molecule has 0 aromatic carbocycles. The van der Waals surface area contributed by atoms with E-state index >= 15 is 0 Å². The summed E-state index contributed by atoms with van der Waals surface area (Å²) in [4.78, 5) is 24.9. The first-order valence-electron chi connectivity index (χ1n) is 7.19. The minimum absolute atomic E-state index is 0.0429. The van der Waals surface area contributed by atoms with Gasteiger partial charge in [0.2, 0.25) is 0 Å². The molecule has 0 spiro atoms. The number of hydrogen-bond donors (Lipinski definition) is 1. The van der Waals surface area contributed by atoms with Gasteiger partial charge >= 0.3 is 12.1 Å². The summed E-state index contributed by atoms with van der Waals surface area (Å²) < 4.78 is 15.5. The monoisotopic (exact) mass is 302 g/mol. The van der Waals surface area contributed by atoms with E-state index in [1.165, 1.54) is 12.0 Å². The highest BCUT2D eigenvalue weighted by Crippen LogP contribution is 2.11. The van der Waals surface area contributed by atoms with Gasteiger partial charge in [0.1, 0.15) is 12.1 Å². The summed E-state index contributed by atoms with van der Waals surface area (Å²) in [6.45, 7) is 7.88. The molecule has 1 heterocycles. The van der Waals surface area contributed by atoms with E-state index in [4.69, 9.17) is 9.47 Å². The van der Waals surface area contributed by atoms with Crippen LogP contribution in [0.1, 0.15) is 27.2 Å². The maximum atomic E-state index is 12.1. The third-order valence-corrected chi connectivity index (χ3v) is 2.92. The second-order valence-electron chi connectivity index (χ2n) is 5.96. The van der Waals surface area contributed by atoms with Crippen molar-refractivity contribution in [1.82, 2.24) is 10.2 Å². The minimum atomic E-state index is -0.603. The number of nitrogens with one attached hydrogen (secondary N) is 1. The Morgan fingerprint density at radius 2 is 2.10 bits per heavy atom. The van der Waals surface area contributed by atoms with Crippen LogP contribution in [-0.4, -0.2) is 68.6 Å². The third-order valence-electron chi connectivity index (χ3n) is 2.92. The molecule has 1 N–H and O–H groups in total. The molecular weight excluding hydrogens is 276 g/mol. The number of morpholine rings is 1. The molecule has 1 unspecified atom stereocenters. The summed E-state index contributed by atoms with van der Waals surface area (Å²) in [5.74, 6) is -0.469. The summed E-state index contributed by atoms with van der Waals surface area (Å²) in [6, 6.07) is 0. The van der Waals surface area contributed by atoms with Gasteiger partial charge in [0, 0.05) is 19.6 Å². The summed E-state index contributed by atoms with van der Waals surface area (Å²) >= 11 is 0. The van der Waals surface area contributed by atoms with Crippen LogP contribution < -0.4 is 5.32 Å². The molecule has 1 fully saturated rings. The van der Waals surface area contributed by atoms with E-state index < -0.39 is 17.7 Å². The number of carbonyl (C=O) groups excluding carboxylic acids is 2. The number of carbonyl (C=O) groups is 2. The van der Waals surface area contributed by atoms with Gasteiger partial charge in [-0.25, -0.2) is 4.79 Å².